The van der Waals surface area contributed by atoms with Crippen molar-refractivity contribution in [2.75, 3.05) is 0 Å². The Balaban J connectivity index is 2.89. The van der Waals surface area contributed by atoms with Crippen LogP contribution in [0.3, 0.4) is 0 Å². The third-order valence-corrected chi connectivity index (χ3v) is 0.591. The molecule has 1 aliphatic rings. The second-order valence-electron chi connectivity index (χ2n) is 1.06. The third-order valence-electron chi connectivity index (χ3n) is 0.591. The van der Waals surface area contributed by atoms with Gasteiger partial charge in [0.2, 0.25) is 0 Å². The fourth-order valence-corrected chi connectivity index (χ4v) is 0.265. The molecule has 0 fully saturated rings. The van der Waals surface area contributed by atoms with E-state index in [9.17, 15) is 4.79 Å². The Morgan fingerprint density at radius 3 is 2.57 bits per heavy atom. The van der Waals surface area contributed by atoms with Crippen molar-refractivity contribution in [3.63, 3.8) is 0 Å². The highest BCUT2D eigenvalue weighted by atomic mass is 16.1. The van der Waals surface area contributed by atoms with Crippen molar-refractivity contribution in [3.8, 4) is 0 Å². The number of nitrogens with zero attached hydrogens (tertiary/aromatic N) is 2. The predicted molar refractivity (Wildman–Crippen MR) is 25.1 cm³/mol. The van der Waals surface area contributed by atoms with Gasteiger partial charge in [-0.05, 0) is 0 Å². The molecule has 0 aliphatic carbocycles. The average molecular weight is 97.1 g/mol. The van der Waals surface area contributed by atoms with Crippen LogP contribution in [0.4, 0.5) is 0 Å². The molecule has 7 heavy (non-hydrogen) atoms. The summed E-state index contributed by atoms with van der Waals surface area (Å²) in [5, 5.41) is 0. The predicted octanol–water partition coefficient (Wildman–Crippen LogP) is -1.09. The fraction of sp³-hybridized carbons (Fsp3) is 0. The van der Waals surface area contributed by atoms with E-state index in [1.807, 2.05) is 0 Å². The summed E-state index contributed by atoms with van der Waals surface area (Å²) in [4.78, 5) is 16.7. The maximum Gasteiger partial charge on any atom is 0.313 e. The van der Waals surface area contributed by atoms with Crippen LogP contribution in [-0.4, -0.2) is 18.1 Å². The summed E-state index contributed by atoms with van der Waals surface area (Å²) >= 11 is 0. The molecule has 1 heterocycles. The first-order chi connectivity index (χ1) is 3.30. The Labute approximate surface area is 39.8 Å². The smallest absolute Gasteiger partial charge is 0.313 e. The van der Waals surface area contributed by atoms with Crippen molar-refractivity contribution < 1.29 is 4.79 Å². The van der Waals surface area contributed by atoms with Crippen LogP contribution in [0.25, 0.3) is 0 Å². The minimum absolute atomic E-state index is 0.0278. The van der Waals surface area contributed by atoms with Gasteiger partial charge in [0.1, 0.15) is 6.34 Å². The van der Waals surface area contributed by atoms with E-state index in [1.165, 1.54) is 0 Å². The number of carbonyl (C=O) groups excluding carboxylic acids is 1. The van der Waals surface area contributed by atoms with Gasteiger partial charge in [-0.25, -0.2) is 4.99 Å². The molecule has 4 nitrogen and oxygen atoms in total. The van der Waals surface area contributed by atoms with Gasteiger partial charge in [-0.2, -0.15) is 4.99 Å². The summed E-state index contributed by atoms with van der Waals surface area (Å²) in [6, 6.07) is 0. The minimum Gasteiger partial charge on any atom is -0.379 e. The van der Waals surface area contributed by atoms with Gasteiger partial charge in [-0.15, -0.1) is 0 Å². The summed E-state index contributed by atoms with van der Waals surface area (Å²) in [6.45, 7) is 0. The fourth-order valence-electron chi connectivity index (χ4n) is 0.265. The summed E-state index contributed by atoms with van der Waals surface area (Å²) < 4.78 is 0. The largest absolute Gasteiger partial charge is 0.379 e. The molecule has 0 spiro atoms. The van der Waals surface area contributed by atoms with Crippen molar-refractivity contribution in [3.05, 3.63) is 0 Å². The zero-order chi connectivity index (χ0) is 5.28. The molecular weight excluding hydrogens is 94.1 g/mol. The van der Waals surface area contributed by atoms with Crippen molar-refractivity contribution in [2.45, 2.75) is 0 Å². The first-order valence-corrected chi connectivity index (χ1v) is 1.71. The molecule has 0 aromatic rings. The van der Waals surface area contributed by atoms with Crippen LogP contribution in [0.15, 0.2) is 9.98 Å². The average Bonchev–Trinajstić information content (AvgIpc) is 1.91. The molecule has 2 N–H and O–H groups in total. The number of hydrogen-bond donors (Lipinski definition) is 1. The standard InChI is InChI=1S/C3H3N3O/c4-2-3(7)6-1-5-2/h1H,(H2,4,5,6,7). The monoisotopic (exact) mass is 97.0 g/mol. The van der Waals surface area contributed by atoms with Crippen molar-refractivity contribution >= 4 is 18.1 Å². The molecule has 0 unspecified atom stereocenters. The molecule has 0 bridgehead atoms. The maximum absolute atomic E-state index is 10.1. The lowest BCUT2D eigenvalue weighted by Gasteiger charge is -1.76. The Hall–Kier alpha value is -1.19. The summed E-state index contributed by atoms with van der Waals surface area (Å²) in [5.41, 5.74) is 4.95. The Morgan fingerprint density at radius 1 is 1.71 bits per heavy atom. The molecule has 4 heteroatoms. The van der Waals surface area contributed by atoms with Gasteiger partial charge in [0.25, 0.3) is 0 Å². The first-order valence-electron chi connectivity index (χ1n) is 1.71. The Kier molecular flexibility index (Phi) is 0.651. The molecule has 0 aromatic carbocycles. The van der Waals surface area contributed by atoms with Crippen molar-refractivity contribution in [2.24, 2.45) is 15.7 Å². The molecule has 1 amide bonds. The molecule has 1 aliphatic heterocycles. The van der Waals surface area contributed by atoms with Crippen LogP contribution >= 0.6 is 0 Å². The molecule has 0 saturated heterocycles. The summed E-state index contributed by atoms with van der Waals surface area (Å²) in [5.74, 6) is -0.472. The van der Waals surface area contributed by atoms with E-state index < -0.39 is 5.91 Å². The summed E-state index contributed by atoms with van der Waals surface area (Å²) in [7, 11) is 0. The lowest BCUT2D eigenvalue weighted by Crippen LogP contribution is -2.17. The zero-order valence-corrected chi connectivity index (χ0v) is 3.46. The maximum atomic E-state index is 10.1. The quantitative estimate of drug-likeness (QED) is 0.417. The minimum atomic E-state index is -0.444. The highest BCUT2D eigenvalue weighted by Crippen LogP contribution is 1.82. The van der Waals surface area contributed by atoms with Gasteiger partial charge < -0.3 is 5.73 Å². The number of amides is 1. The number of carbonyl (C=O) groups is 1. The molecule has 0 aromatic heterocycles. The van der Waals surface area contributed by atoms with Gasteiger partial charge in [-0.3, -0.25) is 4.79 Å². The number of aliphatic imine (C=N–C) groups is 2. The van der Waals surface area contributed by atoms with E-state index in [0.29, 0.717) is 0 Å². The molecular formula is C3H3N3O. The van der Waals surface area contributed by atoms with Gasteiger partial charge in [0, 0.05) is 0 Å². The Morgan fingerprint density at radius 2 is 2.43 bits per heavy atom. The molecule has 0 atom stereocenters. The number of amidine groups is 1. The molecule has 0 radical (unpaired) electrons. The van der Waals surface area contributed by atoms with Gasteiger partial charge in [-0.1, -0.05) is 0 Å². The van der Waals surface area contributed by atoms with Crippen LogP contribution in [-0.2, 0) is 4.79 Å². The Bertz CT molecular complexity index is 158. The molecule has 0 saturated carbocycles. The van der Waals surface area contributed by atoms with Crippen molar-refractivity contribution in [1.82, 2.24) is 0 Å². The van der Waals surface area contributed by atoms with Gasteiger partial charge in [0.15, 0.2) is 5.84 Å². The van der Waals surface area contributed by atoms with E-state index in [4.69, 9.17) is 5.73 Å². The second-order valence-corrected chi connectivity index (χ2v) is 1.06. The molecule has 36 valence electrons. The lowest BCUT2D eigenvalue weighted by atomic mass is 10.6. The normalized spacial score (nSPS) is 17.7. The van der Waals surface area contributed by atoms with Crippen LogP contribution in [0.2, 0.25) is 0 Å². The number of nitrogens with two attached hydrogens (primary N) is 1. The lowest BCUT2D eigenvalue weighted by molar-refractivity contribution is -0.111. The van der Waals surface area contributed by atoms with E-state index in [1.54, 1.807) is 0 Å². The van der Waals surface area contributed by atoms with Gasteiger partial charge >= 0.3 is 5.91 Å². The second kappa shape index (κ2) is 1.14. The highest BCUT2D eigenvalue weighted by Gasteiger charge is 2.06. The van der Waals surface area contributed by atoms with E-state index in [-0.39, 0.29) is 5.84 Å². The highest BCUT2D eigenvalue weighted by molar-refractivity contribution is 6.42. The third kappa shape index (κ3) is 0.489. The van der Waals surface area contributed by atoms with Crippen molar-refractivity contribution in [1.29, 1.82) is 0 Å². The molecule has 1 rings (SSSR count). The first kappa shape index (κ1) is 3.98. The SMILES string of the molecule is NC1=NC=NC1=O. The number of rotatable bonds is 0. The van der Waals surface area contributed by atoms with Crippen LogP contribution in [0.1, 0.15) is 0 Å². The topological polar surface area (TPSA) is 67.8 Å². The van der Waals surface area contributed by atoms with Gasteiger partial charge in [0.05, 0.1) is 0 Å². The van der Waals surface area contributed by atoms with E-state index >= 15 is 0 Å². The zero-order valence-electron chi connectivity index (χ0n) is 3.46. The summed E-state index contributed by atoms with van der Waals surface area (Å²) in [6.07, 6.45) is 1.14. The van der Waals surface area contributed by atoms with E-state index in [0.717, 1.165) is 6.34 Å². The van der Waals surface area contributed by atoms with E-state index in [2.05, 4.69) is 9.98 Å². The van der Waals surface area contributed by atoms with Crippen LogP contribution in [0, 0.1) is 0 Å². The van der Waals surface area contributed by atoms with Crippen LogP contribution < -0.4 is 5.73 Å². The van der Waals surface area contributed by atoms with Crippen LogP contribution in [0.5, 0.6) is 0 Å². The number of hydrogen-bond acceptors (Lipinski definition) is 3.